The van der Waals surface area contributed by atoms with Crippen molar-refractivity contribution in [2.45, 2.75) is 39.2 Å². The Morgan fingerprint density at radius 3 is 2.62 bits per heavy atom. The molecule has 1 unspecified atom stereocenters. The van der Waals surface area contributed by atoms with Crippen molar-refractivity contribution in [3.8, 4) is 5.75 Å². The maximum Gasteiger partial charge on any atom is 0.253 e. The van der Waals surface area contributed by atoms with E-state index in [0.717, 1.165) is 16.9 Å². The minimum atomic E-state index is -1.51. The molecule has 24 heavy (non-hydrogen) atoms. The number of carbonyl (C=O) groups is 2. The number of nitrogens with zero attached hydrogens (tertiary/aromatic N) is 1. The molecule has 2 rings (SSSR count). The van der Waals surface area contributed by atoms with E-state index < -0.39 is 11.5 Å². The fourth-order valence-corrected chi connectivity index (χ4v) is 3.00. The highest BCUT2D eigenvalue weighted by Gasteiger charge is 2.40. The highest BCUT2D eigenvalue weighted by Crippen LogP contribution is 2.23. The molecule has 1 atom stereocenters. The van der Waals surface area contributed by atoms with E-state index in [2.05, 4.69) is 5.32 Å². The SMILES string of the molecule is CC(=O)N1CCCC(O)(C(=O)NCCOc2c(C)cccc2C)C1. The van der Waals surface area contributed by atoms with E-state index in [-0.39, 0.29) is 12.5 Å². The molecule has 0 radical (unpaired) electrons. The molecule has 0 saturated carbocycles. The Morgan fingerprint density at radius 2 is 2.00 bits per heavy atom. The standard InChI is InChI=1S/C18H26N2O4/c1-13-6-4-7-14(2)16(13)24-11-9-19-17(22)18(23)8-5-10-20(12-18)15(3)21/h4,6-7,23H,5,8-12H2,1-3H3,(H,19,22). The molecule has 6 heteroatoms. The highest BCUT2D eigenvalue weighted by atomic mass is 16.5. The van der Waals surface area contributed by atoms with Crippen LogP contribution in [0.2, 0.25) is 0 Å². The first-order valence-corrected chi connectivity index (χ1v) is 8.29. The topological polar surface area (TPSA) is 78.9 Å². The molecule has 1 fully saturated rings. The summed E-state index contributed by atoms with van der Waals surface area (Å²) in [6, 6.07) is 5.92. The molecule has 0 aromatic heterocycles. The van der Waals surface area contributed by atoms with Crippen molar-refractivity contribution in [1.82, 2.24) is 10.2 Å². The zero-order valence-electron chi connectivity index (χ0n) is 14.6. The largest absolute Gasteiger partial charge is 0.491 e. The van der Waals surface area contributed by atoms with Crippen molar-refractivity contribution < 1.29 is 19.4 Å². The molecule has 1 aliphatic heterocycles. The smallest absolute Gasteiger partial charge is 0.253 e. The van der Waals surface area contributed by atoms with Crippen LogP contribution in [-0.2, 0) is 9.59 Å². The molecule has 1 heterocycles. The Hall–Kier alpha value is -2.08. The monoisotopic (exact) mass is 334 g/mol. The molecule has 1 aromatic rings. The normalized spacial score (nSPS) is 20.6. The number of nitrogens with one attached hydrogen (secondary N) is 1. The van der Waals surface area contributed by atoms with Crippen LogP contribution < -0.4 is 10.1 Å². The number of β-amino-alcohol motifs (C(OH)–C–C–N with tert-alkyl or cyclic N) is 1. The highest BCUT2D eigenvalue weighted by molar-refractivity contribution is 5.86. The van der Waals surface area contributed by atoms with Crippen LogP contribution in [0.25, 0.3) is 0 Å². The van der Waals surface area contributed by atoms with Crippen LogP contribution in [0.4, 0.5) is 0 Å². The number of aliphatic hydroxyl groups is 1. The Bertz CT molecular complexity index is 597. The number of aryl methyl sites for hydroxylation is 2. The van der Waals surface area contributed by atoms with E-state index in [9.17, 15) is 14.7 Å². The lowest BCUT2D eigenvalue weighted by atomic mass is 9.92. The van der Waals surface area contributed by atoms with Gasteiger partial charge >= 0.3 is 0 Å². The van der Waals surface area contributed by atoms with Gasteiger partial charge in [0.2, 0.25) is 5.91 Å². The summed E-state index contributed by atoms with van der Waals surface area (Å²) in [5.74, 6) is 0.253. The van der Waals surface area contributed by atoms with Crippen LogP contribution >= 0.6 is 0 Å². The number of hydrogen-bond donors (Lipinski definition) is 2. The number of likely N-dealkylation sites (tertiary alicyclic amines) is 1. The fourth-order valence-electron chi connectivity index (χ4n) is 3.00. The minimum Gasteiger partial charge on any atom is -0.491 e. The van der Waals surface area contributed by atoms with Gasteiger partial charge in [-0.05, 0) is 37.8 Å². The molecule has 6 nitrogen and oxygen atoms in total. The quantitative estimate of drug-likeness (QED) is 0.793. The van der Waals surface area contributed by atoms with Gasteiger partial charge in [-0.1, -0.05) is 18.2 Å². The van der Waals surface area contributed by atoms with Crippen LogP contribution in [0.5, 0.6) is 5.75 Å². The van der Waals surface area contributed by atoms with Gasteiger partial charge in [0.15, 0.2) is 5.60 Å². The molecule has 0 spiro atoms. The van der Waals surface area contributed by atoms with Gasteiger partial charge in [-0.3, -0.25) is 9.59 Å². The van der Waals surface area contributed by atoms with E-state index in [4.69, 9.17) is 4.74 Å². The van der Waals surface area contributed by atoms with E-state index >= 15 is 0 Å². The third kappa shape index (κ3) is 4.26. The number of hydrogen-bond acceptors (Lipinski definition) is 4. The van der Waals surface area contributed by atoms with Gasteiger partial charge in [-0.15, -0.1) is 0 Å². The van der Waals surface area contributed by atoms with Crippen molar-refractivity contribution in [3.63, 3.8) is 0 Å². The number of ether oxygens (including phenoxy) is 1. The lowest BCUT2D eigenvalue weighted by Crippen LogP contribution is -2.58. The average Bonchev–Trinajstić information content (AvgIpc) is 2.53. The predicted molar refractivity (Wildman–Crippen MR) is 90.9 cm³/mol. The molecule has 0 bridgehead atoms. The van der Waals surface area contributed by atoms with Gasteiger partial charge in [0.1, 0.15) is 12.4 Å². The van der Waals surface area contributed by atoms with Gasteiger partial charge in [0.05, 0.1) is 13.1 Å². The van der Waals surface area contributed by atoms with E-state index in [1.807, 2.05) is 32.0 Å². The van der Waals surface area contributed by atoms with Crippen LogP contribution in [-0.4, -0.2) is 53.7 Å². The number of carbonyl (C=O) groups excluding carboxylic acids is 2. The number of para-hydroxylation sites is 1. The van der Waals surface area contributed by atoms with Crippen LogP contribution in [0.3, 0.4) is 0 Å². The van der Waals surface area contributed by atoms with E-state index in [0.29, 0.717) is 32.5 Å². The molecule has 2 N–H and O–H groups in total. The molecular formula is C18H26N2O4. The summed E-state index contributed by atoms with van der Waals surface area (Å²) in [5, 5.41) is 13.2. The third-order valence-corrected chi connectivity index (χ3v) is 4.38. The van der Waals surface area contributed by atoms with Crippen molar-refractivity contribution in [2.24, 2.45) is 0 Å². The first kappa shape index (κ1) is 18.3. The molecule has 1 aromatic carbocycles. The summed E-state index contributed by atoms with van der Waals surface area (Å²) in [6.45, 7) is 6.65. The van der Waals surface area contributed by atoms with Crippen LogP contribution in [0.15, 0.2) is 18.2 Å². The third-order valence-electron chi connectivity index (χ3n) is 4.38. The Balaban J connectivity index is 1.83. The molecule has 0 aliphatic carbocycles. The maximum absolute atomic E-state index is 12.3. The summed E-state index contributed by atoms with van der Waals surface area (Å²) in [5.41, 5.74) is 0.580. The zero-order valence-corrected chi connectivity index (χ0v) is 14.6. The second kappa shape index (κ2) is 7.66. The molecule has 1 saturated heterocycles. The van der Waals surface area contributed by atoms with Gasteiger partial charge < -0.3 is 20.1 Å². The van der Waals surface area contributed by atoms with E-state index in [1.165, 1.54) is 11.8 Å². The molecule has 2 amide bonds. The van der Waals surface area contributed by atoms with Crippen molar-refractivity contribution >= 4 is 11.8 Å². The summed E-state index contributed by atoms with van der Waals surface area (Å²) in [4.78, 5) is 25.2. The summed E-state index contributed by atoms with van der Waals surface area (Å²) >= 11 is 0. The van der Waals surface area contributed by atoms with Gasteiger partial charge in [-0.2, -0.15) is 0 Å². The number of rotatable bonds is 5. The van der Waals surface area contributed by atoms with Crippen molar-refractivity contribution in [2.75, 3.05) is 26.2 Å². The number of amides is 2. The summed E-state index contributed by atoms with van der Waals surface area (Å²) in [6.07, 6.45) is 0.975. The summed E-state index contributed by atoms with van der Waals surface area (Å²) in [7, 11) is 0. The van der Waals surface area contributed by atoms with Crippen LogP contribution in [0.1, 0.15) is 30.9 Å². The lowest BCUT2D eigenvalue weighted by Gasteiger charge is -2.37. The van der Waals surface area contributed by atoms with Crippen molar-refractivity contribution in [3.05, 3.63) is 29.3 Å². The van der Waals surface area contributed by atoms with Crippen LogP contribution in [0, 0.1) is 13.8 Å². The molecule has 132 valence electrons. The Labute approximate surface area is 142 Å². The maximum atomic E-state index is 12.3. The van der Waals surface area contributed by atoms with Gasteiger partial charge in [0.25, 0.3) is 5.91 Å². The average molecular weight is 334 g/mol. The van der Waals surface area contributed by atoms with Gasteiger partial charge in [0, 0.05) is 13.5 Å². The second-order valence-electron chi connectivity index (χ2n) is 6.40. The predicted octanol–water partition coefficient (Wildman–Crippen LogP) is 1.17. The first-order chi connectivity index (χ1) is 11.3. The minimum absolute atomic E-state index is 0.0475. The summed E-state index contributed by atoms with van der Waals surface area (Å²) < 4.78 is 5.74. The fraction of sp³-hybridized carbons (Fsp3) is 0.556. The Morgan fingerprint density at radius 1 is 1.33 bits per heavy atom. The van der Waals surface area contributed by atoms with E-state index in [1.54, 1.807) is 0 Å². The zero-order chi connectivity index (χ0) is 17.7. The lowest BCUT2D eigenvalue weighted by molar-refractivity contribution is -0.150. The molecular weight excluding hydrogens is 308 g/mol. The molecule has 1 aliphatic rings. The second-order valence-corrected chi connectivity index (χ2v) is 6.40. The number of benzene rings is 1. The van der Waals surface area contributed by atoms with Gasteiger partial charge in [-0.25, -0.2) is 0 Å². The Kier molecular flexibility index (Phi) is 5.83. The van der Waals surface area contributed by atoms with Crippen molar-refractivity contribution in [1.29, 1.82) is 0 Å². The first-order valence-electron chi connectivity index (χ1n) is 8.29. The number of piperidine rings is 1.